The van der Waals surface area contributed by atoms with Gasteiger partial charge in [0.2, 0.25) is 10.0 Å². The van der Waals surface area contributed by atoms with E-state index in [9.17, 15) is 16.8 Å². The van der Waals surface area contributed by atoms with Crippen molar-refractivity contribution in [2.75, 3.05) is 4.72 Å². The Hall–Kier alpha value is -2.43. The van der Waals surface area contributed by atoms with Gasteiger partial charge in [0, 0.05) is 11.4 Å². The first-order chi connectivity index (χ1) is 12.4. The number of para-hydroxylation sites is 1. The smallest absolute Gasteiger partial charge is 0.262 e. The number of sulfonamides is 2. The van der Waals surface area contributed by atoms with Gasteiger partial charge in [0.1, 0.15) is 0 Å². The van der Waals surface area contributed by atoms with Gasteiger partial charge in [0.15, 0.2) is 0 Å². The minimum absolute atomic E-state index is 0.0589. The zero-order chi connectivity index (χ0) is 18.4. The van der Waals surface area contributed by atoms with E-state index >= 15 is 0 Å². The molecule has 4 rings (SSSR count). The molecule has 26 heavy (non-hydrogen) atoms. The van der Waals surface area contributed by atoms with E-state index in [1.807, 2.05) is 0 Å². The number of benzene rings is 2. The molecule has 1 heterocycles. The van der Waals surface area contributed by atoms with Crippen LogP contribution in [0.25, 0.3) is 10.9 Å². The summed E-state index contributed by atoms with van der Waals surface area (Å²) in [6, 6.07) is 10.3. The van der Waals surface area contributed by atoms with E-state index in [0.717, 1.165) is 24.3 Å². The van der Waals surface area contributed by atoms with Crippen LogP contribution in [0.3, 0.4) is 0 Å². The summed E-state index contributed by atoms with van der Waals surface area (Å²) in [6.45, 7) is 0. The van der Waals surface area contributed by atoms with E-state index in [-0.39, 0.29) is 15.8 Å². The lowest BCUT2D eigenvalue weighted by molar-refractivity contribution is 0.580. The molecule has 8 nitrogen and oxygen atoms in total. The number of aromatic nitrogens is 2. The van der Waals surface area contributed by atoms with Gasteiger partial charge in [0.05, 0.1) is 27.2 Å². The fourth-order valence-electron chi connectivity index (χ4n) is 2.55. The zero-order valence-electron chi connectivity index (χ0n) is 13.5. The summed E-state index contributed by atoms with van der Waals surface area (Å²) in [4.78, 5) is -0.209. The molecule has 1 aromatic heterocycles. The van der Waals surface area contributed by atoms with Crippen molar-refractivity contribution < 1.29 is 16.8 Å². The van der Waals surface area contributed by atoms with Gasteiger partial charge in [-0.15, -0.1) is 0 Å². The molecule has 0 aliphatic heterocycles. The van der Waals surface area contributed by atoms with Crippen LogP contribution in [0.2, 0.25) is 0 Å². The molecule has 0 bridgehead atoms. The van der Waals surface area contributed by atoms with E-state index in [4.69, 9.17) is 0 Å². The third-order valence-corrected chi connectivity index (χ3v) is 6.93. The van der Waals surface area contributed by atoms with Crippen LogP contribution in [-0.2, 0) is 20.0 Å². The number of aromatic amines is 1. The van der Waals surface area contributed by atoms with Gasteiger partial charge in [-0.2, -0.15) is 5.10 Å². The molecule has 3 N–H and O–H groups in total. The van der Waals surface area contributed by atoms with Crippen LogP contribution in [0.1, 0.15) is 12.8 Å². The van der Waals surface area contributed by atoms with Crippen LogP contribution in [-0.4, -0.2) is 33.1 Å². The molecule has 0 unspecified atom stereocenters. The highest BCUT2D eigenvalue weighted by Crippen LogP contribution is 2.26. The molecule has 0 radical (unpaired) electrons. The summed E-state index contributed by atoms with van der Waals surface area (Å²) in [6.07, 6.45) is 3.18. The third kappa shape index (κ3) is 3.30. The molecule has 10 heteroatoms. The molecule has 1 aliphatic carbocycles. The molecule has 1 saturated carbocycles. The first-order valence-corrected chi connectivity index (χ1v) is 10.9. The second kappa shape index (κ2) is 6.08. The molecular formula is C16H16N4O4S2. The van der Waals surface area contributed by atoms with Crippen molar-refractivity contribution in [2.45, 2.75) is 28.7 Å². The number of fused-ring (bicyclic) bond motifs is 1. The Morgan fingerprint density at radius 1 is 0.962 bits per heavy atom. The summed E-state index contributed by atoms with van der Waals surface area (Å²) >= 11 is 0. The Balaban J connectivity index is 1.68. The first kappa shape index (κ1) is 17.0. The van der Waals surface area contributed by atoms with Crippen molar-refractivity contribution >= 4 is 36.6 Å². The Labute approximate surface area is 150 Å². The van der Waals surface area contributed by atoms with Crippen LogP contribution in [0.15, 0.2) is 58.5 Å². The van der Waals surface area contributed by atoms with Gasteiger partial charge in [-0.25, -0.2) is 21.6 Å². The molecule has 1 fully saturated rings. The minimum atomic E-state index is -3.97. The number of hydrogen-bond acceptors (Lipinski definition) is 5. The van der Waals surface area contributed by atoms with E-state index in [0.29, 0.717) is 11.2 Å². The SMILES string of the molecule is O=S(=O)(Nc1cccc2cn[nH]c12)c1cccc(S(=O)(=O)NC2CC2)c1. The lowest BCUT2D eigenvalue weighted by atomic mass is 10.2. The average Bonchev–Trinajstić information content (AvgIpc) is 3.26. The molecule has 0 amide bonds. The van der Waals surface area contributed by atoms with Crippen molar-refractivity contribution in [3.8, 4) is 0 Å². The summed E-state index contributed by atoms with van der Waals surface area (Å²) in [5.41, 5.74) is 0.889. The van der Waals surface area contributed by atoms with Crippen molar-refractivity contribution in [1.82, 2.24) is 14.9 Å². The van der Waals surface area contributed by atoms with E-state index < -0.39 is 20.0 Å². The number of H-pyrrole nitrogens is 1. The van der Waals surface area contributed by atoms with Gasteiger partial charge < -0.3 is 0 Å². The van der Waals surface area contributed by atoms with E-state index in [2.05, 4.69) is 19.6 Å². The molecule has 1 aliphatic rings. The van der Waals surface area contributed by atoms with Crippen LogP contribution in [0, 0.1) is 0 Å². The number of nitrogens with zero attached hydrogens (tertiary/aromatic N) is 1. The van der Waals surface area contributed by atoms with Crippen molar-refractivity contribution in [3.63, 3.8) is 0 Å². The predicted molar refractivity (Wildman–Crippen MR) is 96.7 cm³/mol. The monoisotopic (exact) mass is 392 g/mol. The topological polar surface area (TPSA) is 121 Å². The summed E-state index contributed by atoms with van der Waals surface area (Å²) in [7, 11) is -7.71. The lowest BCUT2D eigenvalue weighted by Crippen LogP contribution is -2.26. The highest BCUT2D eigenvalue weighted by Gasteiger charge is 2.28. The van der Waals surface area contributed by atoms with Crippen molar-refractivity contribution in [1.29, 1.82) is 0 Å². The van der Waals surface area contributed by atoms with Gasteiger partial charge in [-0.1, -0.05) is 18.2 Å². The fraction of sp³-hybridized carbons (Fsp3) is 0.188. The van der Waals surface area contributed by atoms with Crippen molar-refractivity contribution in [2.24, 2.45) is 0 Å². The minimum Gasteiger partial charge on any atom is -0.277 e. The standard InChI is InChI=1S/C16H16N4O4S2/c21-25(22,19-12-7-8-12)13-4-2-5-14(9-13)26(23,24)20-15-6-1-3-11-10-17-18-16(11)15/h1-6,9-10,12,19-20H,7-8H2,(H,17,18). The Bertz CT molecular complexity index is 1180. The van der Waals surface area contributed by atoms with E-state index in [1.165, 1.54) is 18.2 Å². The lowest BCUT2D eigenvalue weighted by Gasteiger charge is -2.11. The largest absolute Gasteiger partial charge is 0.277 e. The molecule has 3 aromatic rings. The van der Waals surface area contributed by atoms with Crippen LogP contribution in [0.4, 0.5) is 5.69 Å². The maximum atomic E-state index is 12.7. The normalized spacial score (nSPS) is 15.2. The maximum absolute atomic E-state index is 12.7. The highest BCUT2D eigenvalue weighted by molar-refractivity contribution is 7.93. The zero-order valence-corrected chi connectivity index (χ0v) is 15.1. The average molecular weight is 392 g/mol. The number of nitrogens with one attached hydrogen (secondary N) is 3. The van der Waals surface area contributed by atoms with Gasteiger partial charge in [-0.05, 0) is 37.1 Å². The Morgan fingerprint density at radius 3 is 2.38 bits per heavy atom. The third-order valence-electron chi connectivity index (χ3n) is 4.05. The Kier molecular flexibility index (Phi) is 3.98. The second-order valence-electron chi connectivity index (χ2n) is 6.12. The molecule has 0 saturated heterocycles. The molecule has 2 aromatic carbocycles. The van der Waals surface area contributed by atoms with Crippen LogP contribution in [0.5, 0.6) is 0 Å². The van der Waals surface area contributed by atoms with Crippen molar-refractivity contribution in [3.05, 3.63) is 48.7 Å². The fourth-order valence-corrected chi connectivity index (χ4v) is 5.10. The van der Waals surface area contributed by atoms with Gasteiger partial charge >= 0.3 is 0 Å². The molecule has 0 spiro atoms. The van der Waals surface area contributed by atoms with Gasteiger partial charge in [0.25, 0.3) is 10.0 Å². The summed E-state index contributed by atoms with van der Waals surface area (Å²) < 4.78 is 55.1. The predicted octanol–water partition coefficient (Wildman–Crippen LogP) is 1.80. The summed E-state index contributed by atoms with van der Waals surface area (Å²) in [5, 5.41) is 7.40. The molecule has 136 valence electrons. The maximum Gasteiger partial charge on any atom is 0.262 e. The number of rotatable bonds is 6. The van der Waals surface area contributed by atoms with Crippen LogP contribution < -0.4 is 9.44 Å². The van der Waals surface area contributed by atoms with E-state index in [1.54, 1.807) is 24.4 Å². The molecular weight excluding hydrogens is 376 g/mol. The Morgan fingerprint density at radius 2 is 1.65 bits per heavy atom. The van der Waals surface area contributed by atoms with Crippen LogP contribution >= 0.6 is 0 Å². The molecule has 0 atom stereocenters. The highest BCUT2D eigenvalue weighted by atomic mass is 32.2. The number of hydrogen-bond donors (Lipinski definition) is 3. The quantitative estimate of drug-likeness (QED) is 0.591. The second-order valence-corrected chi connectivity index (χ2v) is 9.51. The first-order valence-electron chi connectivity index (χ1n) is 7.92. The number of anilines is 1. The van der Waals surface area contributed by atoms with Gasteiger partial charge in [-0.3, -0.25) is 9.82 Å². The summed E-state index contributed by atoms with van der Waals surface area (Å²) in [5.74, 6) is 0.